The third-order valence-corrected chi connectivity index (χ3v) is 3.12. The van der Waals surface area contributed by atoms with Gasteiger partial charge in [-0.3, -0.25) is 9.80 Å². The number of hydrogen-bond donors (Lipinski definition) is 2. The molecule has 4 N–H and O–H groups in total. The number of nitrogens with two attached hydrogens (primary N) is 2. The van der Waals surface area contributed by atoms with Gasteiger partial charge in [0, 0.05) is 19.7 Å². The standard InChI is InChI=1S/C15H17FN2O.C2H6N2O/c1-3-11-6-9-14(16)15(18(2)17)13(11)8-7-12-5-4-10-19-12;1-4(3)2-5/h4-10H,3,17H2,1-2H3;2H,3H2,1H3/b8-7+;. The molecule has 0 radical (unpaired) electrons. The zero-order valence-electron chi connectivity index (χ0n) is 14.1. The van der Waals surface area contributed by atoms with Crippen LogP contribution in [-0.4, -0.2) is 25.5 Å². The van der Waals surface area contributed by atoms with E-state index in [0.717, 1.165) is 28.3 Å². The van der Waals surface area contributed by atoms with Gasteiger partial charge in [-0.05, 0) is 42.3 Å². The minimum atomic E-state index is -0.332. The van der Waals surface area contributed by atoms with E-state index in [1.807, 2.05) is 25.1 Å². The van der Waals surface area contributed by atoms with Crippen molar-refractivity contribution in [2.75, 3.05) is 19.1 Å². The summed E-state index contributed by atoms with van der Waals surface area (Å²) in [5.74, 6) is 10.9. The summed E-state index contributed by atoms with van der Waals surface area (Å²) in [6.45, 7) is 2.03. The Bertz CT molecular complexity index is 667. The molecule has 0 spiro atoms. The van der Waals surface area contributed by atoms with Gasteiger partial charge in [0.2, 0.25) is 6.41 Å². The lowest BCUT2D eigenvalue weighted by molar-refractivity contribution is -0.117. The minimum absolute atomic E-state index is 0.332. The maximum Gasteiger partial charge on any atom is 0.223 e. The van der Waals surface area contributed by atoms with E-state index >= 15 is 0 Å². The van der Waals surface area contributed by atoms with Crippen molar-refractivity contribution < 1.29 is 13.6 Å². The number of aryl methyl sites for hydroxylation is 1. The Balaban J connectivity index is 0.000000505. The Hall–Kier alpha value is -2.64. The fourth-order valence-corrected chi connectivity index (χ4v) is 2.03. The number of anilines is 1. The lowest BCUT2D eigenvalue weighted by Crippen LogP contribution is -2.27. The first-order valence-electron chi connectivity index (χ1n) is 7.34. The molecular formula is C17H23FN4O2. The van der Waals surface area contributed by atoms with Crippen molar-refractivity contribution >= 4 is 24.2 Å². The van der Waals surface area contributed by atoms with Gasteiger partial charge in [0.15, 0.2) is 0 Å². The summed E-state index contributed by atoms with van der Waals surface area (Å²) in [5, 5.41) is 2.25. The van der Waals surface area contributed by atoms with Crippen LogP contribution in [0.1, 0.15) is 23.8 Å². The van der Waals surface area contributed by atoms with Gasteiger partial charge < -0.3 is 9.43 Å². The molecule has 0 atom stereocenters. The maximum atomic E-state index is 13.9. The molecule has 1 aromatic carbocycles. The summed E-state index contributed by atoms with van der Waals surface area (Å²) in [6.07, 6.45) is 6.57. The predicted molar refractivity (Wildman–Crippen MR) is 94.0 cm³/mol. The van der Waals surface area contributed by atoms with Crippen LogP contribution in [-0.2, 0) is 11.2 Å². The zero-order chi connectivity index (χ0) is 18.1. The van der Waals surface area contributed by atoms with Gasteiger partial charge in [0.25, 0.3) is 0 Å². The van der Waals surface area contributed by atoms with Gasteiger partial charge in [-0.1, -0.05) is 13.0 Å². The van der Waals surface area contributed by atoms with Crippen LogP contribution in [0.4, 0.5) is 10.1 Å². The summed E-state index contributed by atoms with van der Waals surface area (Å²) in [6, 6.07) is 6.88. The number of hydrazine groups is 2. The first-order chi connectivity index (χ1) is 11.4. The maximum absolute atomic E-state index is 13.9. The lowest BCUT2D eigenvalue weighted by atomic mass is 10.0. The summed E-state index contributed by atoms with van der Waals surface area (Å²) in [7, 11) is 3.09. The molecular weight excluding hydrogens is 311 g/mol. The average Bonchev–Trinajstić information content (AvgIpc) is 3.06. The van der Waals surface area contributed by atoms with E-state index in [1.54, 1.807) is 25.5 Å². The molecule has 1 aromatic heterocycles. The Kier molecular flexibility index (Phi) is 7.67. The summed E-state index contributed by atoms with van der Waals surface area (Å²) in [4.78, 5) is 9.31. The van der Waals surface area contributed by atoms with Crippen LogP contribution >= 0.6 is 0 Å². The summed E-state index contributed by atoms with van der Waals surface area (Å²) in [5.41, 5.74) is 2.21. The Morgan fingerprint density at radius 2 is 1.88 bits per heavy atom. The van der Waals surface area contributed by atoms with Crippen molar-refractivity contribution in [3.05, 3.63) is 53.2 Å². The van der Waals surface area contributed by atoms with Crippen LogP contribution < -0.4 is 16.7 Å². The molecule has 0 aliphatic rings. The molecule has 130 valence electrons. The fourth-order valence-electron chi connectivity index (χ4n) is 2.03. The van der Waals surface area contributed by atoms with Crippen LogP contribution in [0.3, 0.4) is 0 Å². The number of halogens is 1. The highest BCUT2D eigenvalue weighted by molar-refractivity contribution is 5.78. The van der Waals surface area contributed by atoms with Crippen LogP contribution in [0.2, 0.25) is 0 Å². The lowest BCUT2D eigenvalue weighted by Gasteiger charge is -2.18. The molecule has 0 fully saturated rings. The van der Waals surface area contributed by atoms with Crippen LogP contribution in [0.25, 0.3) is 12.2 Å². The first-order valence-corrected chi connectivity index (χ1v) is 7.34. The quantitative estimate of drug-likeness (QED) is 0.379. The number of amides is 1. The van der Waals surface area contributed by atoms with Crippen molar-refractivity contribution in [2.45, 2.75) is 13.3 Å². The average molecular weight is 334 g/mol. The normalized spacial score (nSPS) is 10.2. The topological polar surface area (TPSA) is 88.7 Å². The molecule has 0 unspecified atom stereocenters. The number of hydrogen-bond acceptors (Lipinski definition) is 5. The summed E-state index contributed by atoms with van der Waals surface area (Å²) < 4.78 is 19.1. The molecule has 7 heteroatoms. The van der Waals surface area contributed by atoms with Gasteiger partial charge in [0.05, 0.1) is 12.0 Å². The van der Waals surface area contributed by atoms with E-state index in [1.165, 1.54) is 18.1 Å². The molecule has 0 saturated carbocycles. The van der Waals surface area contributed by atoms with E-state index in [-0.39, 0.29) is 5.82 Å². The van der Waals surface area contributed by atoms with Gasteiger partial charge in [-0.15, -0.1) is 0 Å². The number of nitrogens with zero attached hydrogens (tertiary/aromatic N) is 2. The SMILES string of the molecule is CCc1ccc(F)c(N(C)N)c1/C=C/c1ccco1.CN(N)C=O. The molecule has 1 amide bonds. The molecule has 1 heterocycles. The third-order valence-electron chi connectivity index (χ3n) is 3.12. The van der Waals surface area contributed by atoms with E-state index in [2.05, 4.69) is 0 Å². The highest BCUT2D eigenvalue weighted by Gasteiger charge is 2.12. The number of rotatable bonds is 5. The van der Waals surface area contributed by atoms with Crippen molar-refractivity contribution in [1.29, 1.82) is 0 Å². The van der Waals surface area contributed by atoms with Crippen LogP contribution in [0.5, 0.6) is 0 Å². The van der Waals surface area contributed by atoms with Gasteiger partial charge in [0.1, 0.15) is 11.6 Å². The van der Waals surface area contributed by atoms with Crippen molar-refractivity contribution in [2.24, 2.45) is 11.7 Å². The molecule has 0 aliphatic heterocycles. The number of carbonyl (C=O) groups is 1. The molecule has 2 rings (SSSR count). The third kappa shape index (κ3) is 5.53. The van der Waals surface area contributed by atoms with Crippen molar-refractivity contribution in [3.63, 3.8) is 0 Å². The summed E-state index contributed by atoms with van der Waals surface area (Å²) >= 11 is 0. The van der Waals surface area contributed by atoms with E-state index in [9.17, 15) is 9.18 Å². The highest BCUT2D eigenvalue weighted by atomic mass is 19.1. The largest absolute Gasteiger partial charge is 0.465 e. The Morgan fingerprint density at radius 1 is 1.21 bits per heavy atom. The molecule has 0 saturated heterocycles. The zero-order valence-corrected chi connectivity index (χ0v) is 14.1. The van der Waals surface area contributed by atoms with Crippen LogP contribution in [0.15, 0.2) is 34.9 Å². The van der Waals surface area contributed by atoms with Gasteiger partial charge in [-0.25, -0.2) is 16.1 Å². The van der Waals surface area contributed by atoms with Gasteiger partial charge in [-0.2, -0.15) is 0 Å². The highest BCUT2D eigenvalue weighted by Crippen LogP contribution is 2.28. The number of carbonyl (C=O) groups excluding carboxylic acids is 1. The second kappa shape index (κ2) is 9.49. The first kappa shape index (κ1) is 19.4. The fraction of sp³-hybridized carbons (Fsp3) is 0.235. The molecule has 0 bridgehead atoms. The predicted octanol–water partition coefficient (Wildman–Crippen LogP) is 2.41. The smallest absolute Gasteiger partial charge is 0.223 e. The molecule has 24 heavy (non-hydrogen) atoms. The minimum Gasteiger partial charge on any atom is -0.465 e. The van der Waals surface area contributed by atoms with Crippen molar-refractivity contribution in [3.8, 4) is 0 Å². The second-order valence-electron chi connectivity index (χ2n) is 5.05. The van der Waals surface area contributed by atoms with Gasteiger partial charge >= 0.3 is 0 Å². The second-order valence-corrected chi connectivity index (χ2v) is 5.05. The Labute approximate surface area is 141 Å². The monoisotopic (exact) mass is 334 g/mol. The van der Waals surface area contributed by atoms with Crippen LogP contribution in [0, 0.1) is 5.82 Å². The van der Waals surface area contributed by atoms with E-state index in [0.29, 0.717) is 12.1 Å². The van der Waals surface area contributed by atoms with E-state index < -0.39 is 0 Å². The van der Waals surface area contributed by atoms with E-state index in [4.69, 9.17) is 16.1 Å². The molecule has 6 nitrogen and oxygen atoms in total. The number of furan rings is 1. The molecule has 2 aromatic rings. The van der Waals surface area contributed by atoms with Crippen molar-refractivity contribution in [1.82, 2.24) is 5.01 Å². The Morgan fingerprint density at radius 3 is 2.33 bits per heavy atom. The molecule has 0 aliphatic carbocycles. The number of benzene rings is 1.